The Kier molecular flexibility index (Phi) is 3.88. The molecule has 1 rings (SSSR count). The Bertz CT molecular complexity index is 230. The molecule has 2 unspecified atom stereocenters. The van der Waals surface area contributed by atoms with Crippen LogP contribution in [0.4, 0.5) is 0 Å². The summed E-state index contributed by atoms with van der Waals surface area (Å²) in [6.45, 7) is 2.76. The molecule has 14 heavy (non-hydrogen) atoms. The minimum absolute atomic E-state index is 0.0891. The molecule has 1 aliphatic rings. The summed E-state index contributed by atoms with van der Waals surface area (Å²) in [7, 11) is 0. The van der Waals surface area contributed by atoms with Crippen LogP contribution in [0.1, 0.15) is 19.8 Å². The molecule has 1 fully saturated rings. The molecule has 2 amide bonds. The predicted octanol–water partition coefficient (Wildman–Crippen LogP) is -1.02. The van der Waals surface area contributed by atoms with E-state index in [1.165, 1.54) is 0 Å². The van der Waals surface area contributed by atoms with E-state index in [-0.39, 0.29) is 23.8 Å². The molecule has 0 aromatic carbocycles. The SMILES string of the molecule is CC(CN)C(=O)NC1CCCNC1=O. The van der Waals surface area contributed by atoms with Crippen molar-refractivity contribution in [2.45, 2.75) is 25.8 Å². The number of hydrogen-bond donors (Lipinski definition) is 3. The molecule has 1 heterocycles. The van der Waals surface area contributed by atoms with Crippen molar-refractivity contribution in [3.8, 4) is 0 Å². The summed E-state index contributed by atoms with van der Waals surface area (Å²) in [6.07, 6.45) is 1.63. The van der Waals surface area contributed by atoms with Gasteiger partial charge in [0, 0.05) is 19.0 Å². The van der Waals surface area contributed by atoms with Gasteiger partial charge in [0.15, 0.2) is 0 Å². The first-order valence-corrected chi connectivity index (χ1v) is 4.93. The van der Waals surface area contributed by atoms with Gasteiger partial charge in [-0.15, -0.1) is 0 Å². The third kappa shape index (κ3) is 2.70. The lowest BCUT2D eigenvalue weighted by Crippen LogP contribution is -2.51. The first-order chi connectivity index (χ1) is 6.65. The summed E-state index contributed by atoms with van der Waals surface area (Å²) in [4.78, 5) is 22.7. The van der Waals surface area contributed by atoms with Crippen molar-refractivity contribution in [3.63, 3.8) is 0 Å². The maximum atomic E-state index is 11.4. The minimum Gasteiger partial charge on any atom is -0.354 e. The van der Waals surface area contributed by atoms with Gasteiger partial charge >= 0.3 is 0 Å². The summed E-state index contributed by atoms with van der Waals surface area (Å²) in [6, 6.07) is -0.370. The van der Waals surface area contributed by atoms with Crippen molar-refractivity contribution in [1.29, 1.82) is 0 Å². The number of carbonyl (C=O) groups is 2. The van der Waals surface area contributed by atoms with Crippen molar-refractivity contribution in [2.24, 2.45) is 11.7 Å². The van der Waals surface area contributed by atoms with Crippen molar-refractivity contribution in [3.05, 3.63) is 0 Å². The van der Waals surface area contributed by atoms with Gasteiger partial charge in [0.05, 0.1) is 0 Å². The molecule has 0 spiro atoms. The summed E-state index contributed by atoms with van der Waals surface area (Å²) in [5.74, 6) is -0.465. The molecular weight excluding hydrogens is 182 g/mol. The van der Waals surface area contributed by atoms with Crippen LogP contribution < -0.4 is 16.4 Å². The molecule has 4 N–H and O–H groups in total. The molecule has 0 radical (unpaired) electrons. The zero-order valence-electron chi connectivity index (χ0n) is 8.38. The molecule has 5 heteroatoms. The van der Waals surface area contributed by atoms with Gasteiger partial charge < -0.3 is 16.4 Å². The fourth-order valence-electron chi connectivity index (χ4n) is 1.33. The molecule has 0 saturated carbocycles. The number of amides is 2. The van der Waals surface area contributed by atoms with Gasteiger partial charge in [0.2, 0.25) is 11.8 Å². The number of nitrogens with two attached hydrogens (primary N) is 1. The number of carbonyl (C=O) groups excluding carboxylic acids is 2. The Morgan fingerprint density at radius 3 is 3.07 bits per heavy atom. The molecule has 5 nitrogen and oxygen atoms in total. The first kappa shape index (κ1) is 11.0. The van der Waals surface area contributed by atoms with E-state index in [2.05, 4.69) is 10.6 Å². The van der Waals surface area contributed by atoms with E-state index in [0.29, 0.717) is 13.1 Å². The quantitative estimate of drug-likeness (QED) is 0.543. The predicted molar refractivity (Wildman–Crippen MR) is 52.4 cm³/mol. The van der Waals surface area contributed by atoms with E-state index in [1.54, 1.807) is 6.92 Å². The fraction of sp³-hybridized carbons (Fsp3) is 0.778. The van der Waals surface area contributed by atoms with Crippen LogP contribution in [0.15, 0.2) is 0 Å². The zero-order chi connectivity index (χ0) is 10.6. The highest BCUT2D eigenvalue weighted by atomic mass is 16.2. The van der Waals surface area contributed by atoms with E-state index in [9.17, 15) is 9.59 Å². The molecule has 1 aliphatic heterocycles. The second-order valence-corrected chi connectivity index (χ2v) is 3.63. The molecule has 0 aromatic rings. The van der Waals surface area contributed by atoms with E-state index < -0.39 is 0 Å². The Balaban J connectivity index is 2.42. The lowest BCUT2D eigenvalue weighted by Gasteiger charge is -2.23. The van der Waals surface area contributed by atoms with Gasteiger partial charge in [-0.05, 0) is 12.8 Å². The molecule has 2 atom stereocenters. The van der Waals surface area contributed by atoms with Gasteiger partial charge in [0.1, 0.15) is 6.04 Å². The van der Waals surface area contributed by atoms with Gasteiger partial charge in [-0.25, -0.2) is 0 Å². The average molecular weight is 199 g/mol. The standard InChI is InChI=1S/C9H17N3O2/c1-6(5-10)8(13)12-7-3-2-4-11-9(7)14/h6-7H,2-5,10H2,1H3,(H,11,14)(H,12,13). The third-order valence-electron chi connectivity index (χ3n) is 2.40. The Morgan fingerprint density at radius 2 is 2.50 bits per heavy atom. The van der Waals surface area contributed by atoms with Crippen molar-refractivity contribution >= 4 is 11.8 Å². The summed E-state index contributed by atoms with van der Waals surface area (Å²) < 4.78 is 0. The van der Waals surface area contributed by atoms with Crippen LogP contribution in [-0.4, -0.2) is 30.9 Å². The normalized spacial score (nSPS) is 23.9. The van der Waals surface area contributed by atoms with Crippen LogP contribution >= 0.6 is 0 Å². The molecule has 0 bridgehead atoms. The minimum atomic E-state index is -0.370. The van der Waals surface area contributed by atoms with Gasteiger partial charge in [0.25, 0.3) is 0 Å². The van der Waals surface area contributed by atoms with Crippen LogP contribution in [0, 0.1) is 5.92 Å². The van der Waals surface area contributed by atoms with Crippen LogP contribution in [-0.2, 0) is 9.59 Å². The Labute approximate surface area is 83.4 Å². The van der Waals surface area contributed by atoms with E-state index >= 15 is 0 Å². The largest absolute Gasteiger partial charge is 0.354 e. The number of piperidine rings is 1. The van der Waals surface area contributed by atoms with Gasteiger partial charge in [-0.1, -0.05) is 6.92 Å². The Morgan fingerprint density at radius 1 is 1.79 bits per heavy atom. The zero-order valence-corrected chi connectivity index (χ0v) is 8.38. The van der Waals surface area contributed by atoms with E-state index in [1.807, 2.05) is 0 Å². The lowest BCUT2D eigenvalue weighted by molar-refractivity contribution is -0.131. The second-order valence-electron chi connectivity index (χ2n) is 3.63. The highest BCUT2D eigenvalue weighted by molar-refractivity contribution is 5.88. The van der Waals surface area contributed by atoms with Crippen molar-refractivity contribution in [2.75, 3.05) is 13.1 Å². The third-order valence-corrected chi connectivity index (χ3v) is 2.40. The summed E-state index contributed by atoms with van der Waals surface area (Å²) >= 11 is 0. The molecule has 0 aliphatic carbocycles. The van der Waals surface area contributed by atoms with E-state index in [0.717, 1.165) is 12.8 Å². The van der Waals surface area contributed by atoms with E-state index in [4.69, 9.17) is 5.73 Å². The van der Waals surface area contributed by atoms with Crippen molar-refractivity contribution in [1.82, 2.24) is 10.6 Å². The molecule has 1 saturated heterocycles. The van der Waals surface area contributed by atoms with Crippen molar-refractivity contribution < 1.29 is 9.59 Å². The van der Waals surface area contributed by atoms with Crippen LogP contribution in [0.2, 0.25) is 0 Å². The number of nitrogens with one attached hydrogen (secondary N) is 2. The maximum Gasteiger partial charge on any atom is 0.242 e. The highest BCUT2D eigenvalue weighted by Gasteiger charge is 2.24. The first-order valence-electron chi connectivity index (χ1n) is 4.93. The van der Waals surface area contributed by atoms with Crippen LogP contribution in [0.3, 0.4) is 0 Å². The molecule has 0 aromatic heterocycles. The lowest BCUT2D eigenvalue weighted by atomic mass is 10.1. The number of rotatable bonds is 3. The van der Waals surface area contributed by atoms with Gasteiger partial charge in [-0.2, -0.15) is 0 Å². The van der Waals surface area contributed by atoms with Gasteiger partial charge in [-0.3, -0.25) is 9.59 Å². The summed E-state index contributed by atoms with van der Waals surface area (Å²) in [5, 5.41) is 5.40. The smallest absolute Gasteiger partial charge is 0.242 e. The molecule has 80 valence electrons. The highest BCUT2D eigenvalue weighted by Crippen LogP contribution is 2.04. The maximum absolute atomic E-state index is 11.4. The fourth-order valence-corrected chi connectivity index (χ4v) is 1.33. The van der Waals surface area contributed by atoms with Crippen LogP contribution in [0.25, 0.3) is 0 Å². The molecular formula is C9H17N3O2. The Hall–Kier alpha value is -1.10. The van der Waals surface area contributed by atoms with Crippen LogP contribution in [0.5, 0.6) is 0 Å². The monoisotopic (exact) mass is 199 g/mol. The average Bonchev–Trinajstić information content (AvgIpc) is 2.20. The second kappa shape index (κ2) is 4.95. The summed E-state index contributed by atoms with van der Waals surface area (Å²) in [5.41, 5.74) is 5.35. The topological polar surface area (TPSA) is 84.2 Å². The number of hydrogen-bond acceptors (Lipinski definition) is 3.